The van der Waals surface area contributed by atoms with Gasteiger partial charge in [-0.1, -0.05) is 28.5 Å². The van der Waals surface area contributed by atoms with Gasteiger partial charge in [0.15, 0.2) is 0 Å². The molecule has 0 saturated carbocycles. The predicted octanol–water partition coefficient (Wildman–Crippen LogP) is 1.15. The molecule has 0 aliphatic rings. The summed E-state index contributed by atoms with van der Waals surface area (Å²) in [6.45, 7) is 2.52. The zero-order valence-electron chi connectivity index (χ0n) is 8.10. The Kier molecular flexibility index (Phi) is 9.56. The first-order valence-electron chi connectivity index (χ1n) is 4.30. The molecule has 3 nitrogen and oxygen atoms in total. The Morgan fingerprint density at radius 2 is 1.85 bits per heavy atom. The summed E-state index contributed by atoms with van der Waals surface area (Å²) in [6, 6.07) is 0. The summed E-state index contributed by atoms with van der Waals surface area (Å²) in [6.07, 6.45) is 1.83. The summed E-state index contributed by atoms with van der Waals surface area (Å²) >= 11 is 0. The molecule has 0 amide bonds. The first-order chi connectivity index (χ1) is 6.20. The van der Waals surface area contributed by atoms with Crippen LogP contribution in [0.5, 0.6) is 0 Å². The van der Waals surface area contributed by atoms with Crippen LogP contribution in [0.3, 0.4) is 0 Å². The van der Waals surface area contributed by atoms with Crippen LogP contribution in [0.1, 0.15) is 13.3 Å². The zero-order chi connectivity index (χ0) is 10.1. The first kappa shape index (κ1) is 13.6. The second-order valence-electron chi connectivity index (χ2n) is 2.70. The number of ether oxygens (including phenoxy) is 1. The van der Waals surface area contributed by atoms with Crippen molar-refractivity contribution in [3.8, 4) is 0 Å². The van der Waals surface area contributed by atoms with Crippen molar-refractivity contribution in [1.82, 2.24) is 0 Å². The van der Waals surface area contributed by atoms with Crippen molar-refractivity contribution in [2.24, 2.45) is 0 Å². The number of aliphatic hydroxyl groups excluding tert-OH is 2. The minimum Gasteiger partial charge on any atom is -0.391 e. The van der Waals surface area contributed by atoms with Crippen LogP contribution in [-0.2, 0) is 4.74 Å². The highest BCUT2D eigenvalue weighted by molar-refractivity contribution is 8.76. The number of aliphatic hydroxyl groups is 2. The molecular weight excluding hydrogens is 208 g/mol. The van der Waals surface area contributed by atoms with Crippen molar-refractivity contribution < 1.29 is 14.9 Å². The normalized spacial score (nSPS) is 15.7. The maximum absolute atomic E-state index is 9.33. The zero-order valence-corrected chi connectivity index (χ0v) is 9.74. The SMILES string of the molecule is CCC(O)COCC(O)CSSC. The summed E-state index contributed by atoms with van der Waals surface area (Å²) in [5.41, 5.74) is 0. The molecule has 2 unspecified atom stereocenters. The second kappa shape index (κ2) is 9.15. The van der Waals surface area contributed by atoms with Gasteiger partial charge in [0.05, 0.1) is 25.4 Å². The molecule has 0 saturated heterocycles. The number of hydrogen-bond acceptors (Lipinski definition) is 5. The van der Waals surface area contributed by atoms with Crippen LogP contribution in [-0.4, -0.2) is 47.6 Å². The monoisotopic (exact) mass is 226 g/mol. The highest BCUT2D eigenvalue weighted by Crippen LogP contribution is 2.17. The van der Waals surface area contributed by atoms with Crippen molar-refractivity contribution in [2.45, 2.75) is 25.6 Å². The van der Waals surface area contributed by atoms with E-state index >= 15 is 0 Å². The molecule has 2 N–H and O–H groups in total. The van der Waals surface area contributed by atoms with E-state index in [1.54, 1.807) is 21.6 Å². The molecule has 13 heavy (non-hydrogen) atoms. The standard InChI is InChI=1S/C8H18O3S2/c1-3-7(9)4-11-5-8(10)6-13-12-2/h7-10H,3-6H2,1-2H3. The molecule has 0 radical (unpaired) electrons. The van der Waals surface area contributed by atoms with Gasteiger partial charge < -0.3 is 14.9 Å². The van der Waals surface area contributed by atoms with Crippen LogP contribution in [0.25, 0.3) is 0 Å². The van der Waals surface area contributed by atoms with E-state index in [1.807, 2.05) is 13.2 Å². The van der Waals surface area contributed by atoms with E-state index in [-0.39, 0.29) is 0 Å². The minimum atomic E-state index is -0.429. The average molecular weight is 226 g/mol. The van der Waals surface area contributed by atoms with Crippen molar-refractivity contribution in [2.75, 3.05) is 25.2 Å². The summed E-state index contributed by atoms with van der Waals surface area (Å²) in [7, 11) is 3.23. The summed E-state index contributed by atoms with van der Waals surface area (Å²) < 4.78 is 5.12. The molecule has 2 atom stereocenters. The fraction of sp³-hybridized carbons (Fsp3) is 1.00. The molecular formula is C8H18O3S2. The van der Waals surface area contributed by atoms with E-state index in [9.17, 15) is 5.11 Å². The molecule has 0 bridgehead atoms. The van der Waals surface area contributed by atoms with Crippen LogP contribution in [0.15, 0.2) is 0 Å². The van der Waals surface area contributed by atoms with Gasteiger partial charge in [-0.25, -0.2) is 0 Å². The van der Waals surface area contributed by atoms with Gasteiger partial charge in [-0.15, -0.1) is 0 Å². The van der Waals surface area contributed by atoms with Crippen LogP contribution < -0.4 is 0 Å². The van der Waals surface area contributed by atoms with Gasteiger partial charge in [0.2, 0.25) is 0 Å². The molecule has 0 aromatic carbocycles. The van der Waals surface area contributed by atoms with Gasteiger partial charge in [-0.05, 0) is 12.7 Å². The lowest BCUT2D eigenvalue weighted by atomic mass is 10.3. The van der Waals surface area contributed by atoms with Gasteiger partial charge in [0, 0.05) is 5.75 Å². The molecule has 0 aromatic heterocycles. The van der Waals surface area contributed by atoms with Crippen LogP contribution in [0, 0.1) is 0 Å². The lowest BCUT2D eigenvalue weighted by molar-refractivity contribution is -0.00151. The molecule has 0 aliphatic heterocycles. The lowest BCUT2D eigenvalue weighted by Gasteiger charge is -2.12. The largest absolute Gasteiger partial charge is 0.391 e. The van der Waals surface area contributed by atoms with E-state index in [0.717, 1.165) is 0 Å². The summed E-state index contributed by atoms with van der Waals surface area (Å²) in [4.78, 5) is 0. The van der Waals surface area contributed by atoms with Crippen LogP contribution >= 0.6 is 21.6 Å². The van der Waals surface area contributed by atoms with Gasteiger partial charge >= 0.3 is 0 Å². The molecule has 5 heteroatoms. The summed E-state index contributed by atoms with van der Waals surface area (Å²) in [5, 5.41) is 18.5. The van der Waals surface area contributed by atoms with Crippen LogP contribution in [0.4, 0.5) is 0 Å². The average Bonchev–Trinajstić information content (AvgIpc) is 2.14. The lowest BCUT2D eigenvalue weighted by Crippen LogP contribution is -2.22. The molecule has 0 spiro atoms. The predicted molar refractivity (Wildman–Crippen MR) is 59.1 cm³/mol. The maximum Gasteiger partial charge on any atom is 0.0872 e. The van der Waals surface area contributed by atoms with Gasteiger partial charge in [-0.2, -0.15) is 0 Å². The van der Waals surface area contributed by atoms with E-state index in [2.05, 4.69) is 0 Å². The highest BCUT2D eigenvalue weighted by atomic mass is 33.1. The quantitative estimate of drug-likeness (QED) is 0.608. The van der Waals surface area contributed by atoms with Crippen molar-refractivity contribution in [1.29, 1.82) is 0 Å². The van der Waals surface area contributed by atoms with Crippen LogP contribution in [0.2, 0.25) is 0 Å². The van der Waals surface area contributed by atoms with Crippen molar-refractivity contribution in [3.05, 3.63) is 0 Å². The van der Waals surface area contributed by atoms with Crippen molar-refractivity contribution >= 4 is 21.6 Å². The van der Waals surface area contributed by atoms with Gasteiger partial charge in [-0.3, -0.25) is 0 Å². The molecule has 0 aliphatic carbocycles. The number of hydrogen-bond donors (Lipinski definition) is 2. The third kappa shape index (κ3) is 8.90. The Balaban J connectivity index is 3.21. The Bertz CT molecular complexity index is 114. The van der Waals surface area contributed by atoms with Crippen molar-refractivity contribution in [3.63, 3.8) is 0 Å². The molecule has 0 heterocycles. The Morgan fingerprint density at radius 3 is 2.38 bits per heavy atom. The smallest absolute Gasteiger partial charge is 0.0872 e. The second-order valence-corrected chi connectivity index (χ2v) is 5.31. The Morgan fingerprint density at radius 1 is 1.23 bits per heavy atom. The number of rotatable bonds is 8. The summed E-state index contributed by atoms with van der Waals surface area (Å²) in [5.74, 6) is 0.670. The Hall–Kier alpha value is 0.580. The molecule has 0 aromatic rings. The first-order valence-corrected chi connectivity index (χ1v) is 7.02. The fourth-order valence-electron chi connectivity index (χ4n) is 0.653. The third-order valence-electron chi connectivity index (χ3n) is 1.47. The van der Waals surface area contributed by atoms with Gasteiger partial charge in [0.25, 0.3) is 0 Å². The molecule has 0 rings (SSSR count). The fourth-order valence-corrected chi connectivity index (χ4v) is 1.92. The molecule has 80 valence electrons. The van der Waals surface area contributed by atoms with E-state index in [0.29, 0.717) is 25.4 Å². The molecule has 0 fully saturated rings. The topological polar surface area (TPSA) is 49.7 Å². The third-order valence-corrected chi connectivity index (χ3v) is 3.34. The minimum absolute atomic E-state index is 0.310. The maximum atomic E-state index is 9.33. The van der Waals surface area contributed by atoms with E-state index < -0.39 is 12.2 Å². The van der Waals surface area contributed by atoms with E-state index in [1.165, 1.54) is 0 Å². The highest BCUT2D eigenvalue weighted by Gasteiger charge is 2.06. The Labute approximate surface area is 87.6 Å². The van der Waals surface area contributed by atoms with Gasteiger partial charge in [0.1, 0.15) is 0 Å². The van der Waals surface area contributed by atoms with E-state index in [4.69, 9.17) is 9.84 Å².